The molecule has 2 saturated heterocycles. The molecule has 0 bridgehead atoms. The highest BCUT2D eigenvalue weighted by molar-refractivity contribution is 5.82. The number of ether oxygens (including phenoxy) is 2. The number of carbonyl (C=O) groups excluding carboxylic acids is 1. The van der Waals surface area contributed by atoms with Crippen LogP contribution in [-0.2, 0) is 14.3 Å². The van der Waals surface area contributed by atoms with E-state index in [1.807, 2.05) is 25.1 Å². The Labute approximate surface area is 147 Å². The third-order valence-corrected chi connectivity index (χ3v) is 5.13. The van der Waals surface area contributed by atoms with Crippen LogP contribution in [-0.4, -0.2) is 53.3 Å². The fourth-order valence-corrected chi connectivity index (χ4v) is 3.47. The first-order valence-electron chi connectivity index (χ1n) is 8.90. The van der Waals surface area contributed by atoms with E-state index in [2.05, 4.69) is 0 Å². The molecule has 0 saturated carbocycles. The van der Waals surface area contributed by atoms with Gasteiger partial charge < -0.3 is 19.5 Å². The number of aliphatic carboxylic acids is 1. The predicted octanol–water partition coefficient (Wildman–Crippen LogP) is 2.39. The molecule has 0 spiro atoms. The van der Waals surface area contributed by atoms with Gasteiger partial charge in [0.1, 0.15) is 11.9 Å². The zero-order chi connectivity index (χ0) is 17.9. The summed E-state index contributed by atoms with van der Waals surface area (Å²) in [5.41, 5.74) is -0.381. The Balaban J connectivity index is 1.67. The molecule has 6 heteroatoms. The molecule has 136 valence electrons. The quantitative estimate of drug-likeness (QED) is 0.905. The highest BCUT2D eigenvalue weighted by Gasteiger charge is 2.45. The number of hydrogen-bond acceptors (Lipinski definition) is 4. The van der Waals surface area contributed by atoms with E-state index in [1.54, 1.807) is 11.0 Å². The molecule has 1 aromatic rings. The van der Waals surface area contributed by atoms with E-state index in [9.17, 15) is 14.7 Å². The van der Waals surface area contributed by atoms with Crippen LogP contribution in [0.5, 0.6) is 5.75 Å². The average Bonchev–Trinajstić information content (AvgIpc) is 2.64. The second-order valence-corrected chi connectivity index (χ2v) is 6.85. The molecular weight excluding hydrogens is 322 g/mol. The number of benzene rings is 1. The molecular formula is C19H25NO5. The summed E-state index contributed by atoms with van der Waals surface area (Å²) in [5.74, 6) is -0.411. The van der Waals surface area contributed by atoms with Gasteiger partial charge in [-0.3, -0.25) is 4.79 Å². The van der Waals surface area contributed by atoms with Crippen molar-refractivity contribution in [3.05, 3.63) is 29.8 Å². The molecule has 6 nitrogen and oxygen atoms in total. The lowest BCUT2D eigenvalue weighted by atomic mass is 9.90. The van der Waals surface area contributed by atoms with Crippen LogP contribution in [0.2, 0.25) is 0 Å². The lowest BCUT2D eigenvalue weighted by Gasteiger charge is -2.40. The van der Waals surface area contributed by atoms with Crippen LogP contribution < -0.4 is 4.74 Å². The van der Waals surface area contributed by atoms with Crippen LogP contribution in [0.25, 0.3) is 0 Å². The maximum absolute atomic E-state index is 12.6. The Morgan fingerprint density at radius 3 is 2.56 bits per heavy atom. The van der Waals surface area contributed by atoms with Crippen molar-refractivity contribution in [2.24, 2.45) is 0 Å². The van der Waals surface area contributed by atoms with Crippen molar-refractivity contribution in [2.75, 3.05) is 19.7 Å². The standard InChI is InChI=1S/C19H25NO5/c1-14-6-2-3-7-15(14)25-19(18(22)23)9-11-20(12-10-19)17(21)16-8-4-5-13-24-16/h2-3,6-7,16H,4-5,8-13H2,1H3,(H,22,23). The van der Waals surface area contributed by atoms with Crippen molar-refractivity contribution in [3.8, 4) is 5.75 Å². The molecule has 1 amide bonds. The van der Waals surface area contributed by atoms with Gasteiger partial charge in [0.05, 0.1) is 0 Å². The van der Waals surface area contributed by atoms with Gasteiger partial charge in [-0.05, 0) is 37.8 Å². The maximum atomic E-state index is 12.6. The minimum Gasteiger partial charge on any atom is -0.478 e. The number of amides is 1. The molecule has 2 aliphatic rings. The third-order valence-electron chi connectivity index (χ3n) is 5.13. The van der Waals surface area contributed by atoms with Gasteiger partial charge in [-0.1, -0.05) is 18.2 Å². The minimum absolute atomic E-state index is 0.0189. The van der Waals surface area contributed by atoms with E-state index in [1.165, 1.54) is 0 Å². The number of hydrogen-bond donors (Lipinski definition) is 1. The van der Waals surface area contributed by atoms with E-state index < -0.39 is 11.6 Å². The van der Waals surface area contributed by atoms with Gasteiger partial charge in [0.15, 0.2) is 0 Å². The van der Waals surface area contributed by atoms with E-state index in [0.717, 1.165) is 24.8 Å². The molecule has 25 heavy (non-hydrogen) atoms. The normalized spacial score (nSPS) is 23.1. The molecule has 2 fully saturated rings. The minimum atomic E-state index is -1.28. The van der Waals surface area contributed by atoms with Gasteiger partial charge in [0, 0.05) is 32.5 Å². The summed E-state index contributed by atoms with van der Waals surface area (Å²) in [6.45, 7) is 3.26. The van der Waals surface area contributed by atoms with E-state index in [-0.39, 0.29) is 24.9 Å². The summed E-state index contributed by atoms with van der Waals surface area (Å²) in [4.78, 5) is 26.2. The van der Waals surface area contributed by atoms with Crippen LogP contribution in [0.1, 0.15) is 37.7 Å². The number of carbonyl (C=O) groups is 2. The first-order valence-corrected chi connectivity index (χ1v) is 8.90. The van der Waals surface area contributed by atoms with Crippen LogP contribution in [0.3, 0.4) is 0 Å². The zero-order valence-electron chi connectivity index (χ0n) is 14.6. The number of carboxylic acid groups (broad SMARTS) is 1. The van der Waals surface area contributed by atoms with E-state index in [0.29, 0.717) is 25.4 Å². The van der Waals surface area contributed by atoms with Crippen molar-refractivity contribution in [1.82, 2.24) is 4.90 Å². The van der Waals surface area contributed by atoms with Gasteiger partial charge in [-0.2, -0.15) is 0 Å². The maximum Gasteiger partial charge on any atom is 0.348 e. The molecule has 1 aromatic carbocycles. The molecule has 1 unspecified atom stereocenters. The van der Waals surface area contributed by atoms with E-state index in [4.69, 9.17) is 9.47 Å². The highest BCUT2D eigenvalue weighted by atomic mass is 16.5. The van der Waals surface area contributed by atoms with Gasteiger partial charge in [-0.25, -0.2) is 4.79 Å². The lowest BCUT2D eigenvalue weighted by Crippen LogP contribution is -2.56. The molecule has 2 aliphatic heterocycles. The highest BCUT2D eigenvalue weighted by Crippen LogP contribution is 2.31. The second kappa shape index (κ2) is 7.44. The molecule has 0 aromatic heterocycles. The largest absolute Gasteiger partial charge is 0.478 e. The number of piperidine rings is 1. The molecule has 3 rings (SSSR count). The topological polar surface area (TPSA) is 76.1 Å². The lowest BCUT2D eigenvalue weighted by molar-refractivity contribution is -0.164. The second-order valence-electron chi connectivity index (χ2n) is 6.85. The Morgan fingerprint density at radius 1 is 1.24 bits per heavy atom. The number of aryl methyl sites for hydroxylation is 1. The van der Waals surface area contributed by atoms with Crippen molar-refractivity contribution >= 4 is 11.9 Å². The zero-order valence-corrected chi connectivity index (χ0v) is 14.6. The number of nitrogens with zero attached hydrogens (tertiary/aromatic N) is 1. The Hall–Kier alpha value is -2.08. The third kappa shape index (κ3) is 3.79. The van der Waals surface area contributed by atoms with Crippen molar-refractivity contribution in [1.29, 1.82) is 0 Å². The predicted molar refractivity (Wildman–Crippen MR) is 91.6 cm³/mol. The number of rotatable bonds is 4. The Morgan fingerprint density at radius 2 is 1.96 bits per heavy atom. The Kier molecular flexibility index (Phi) is 5.27. The van der Waals surface area contributed by atoms with Crippen LogP contribution in [0, 0.1) is 6.92 Å². The van der Waals surface area contributed by atoms with Crippen LogP contribution in [0.15, 0.2) is 24.3 Å². The number of likely N-dealkylation sites (tertiary alicyclic amines) is 1. The molecule has 2 heterocycles. The Bertz CT molecular complexity index is 630. The molecule has 0 aliphatic carbocycles. The van der Waals surface area contributed by atoms with Gasteiger partial charge in [0.25, 0.3) is 5.91 Å². The fraction of sp³-hybridized carbons (Fsp3) is 0.579. The summed E-state index contributed by atoms with van der Waals surface area (Å²) in [5, 5.41) is 9.76. The summed E-state index contributed by atoms with van der Waals surface area (Å²) < 4.78 is 11.5. The molecule has 1 N–H and O–H groups in total. The van der Waals surface area contributed by atoms with Crippen LogP contribution >= 0.6 is 0 Å². The SMILES string of the molecule is Cc1ccccc1OC1(C(=O)O)CCN(C(=O)C2CCCCO2)CC1. The van der Waals surface area contributed by atoms with Gasteiger partial charge in [0.2, 0.25) is 5.60 Å². The molecule has 0 radical (unpaired) electrons. The summed E-state index contributed by atoms with van der Waals surface area (Å²) in [7, 11) is 0. The van der Waals surface area contributed by atoms with Crippen LogP contribution in [0.4, 0.5) is 0 Å². The number of carboxylic acids is 1. The smallest absolute Gasteiger partial charge is 0.348 e. The van der Waals surface area contributed by atoms with Crippen molar-refractivity contribution in [2.45, 2.75) is 50.7 Å². The molecule has 1 atom stereocenters. The van der Waals surface area contributed by atoms with Crippen molar-refractivity contribution < 1.29 is 24.2 Å². The van der Waals surface area contributed by atoms with Gasteiger partial charge in [-0.15, -0.1) is 0 Å². The first kappa shape index (κ1) is 17.7. The summed E-state index contributed by atoms with van der Waals surface area (Å²) in [6, 6.07) is 7.40. The summed E-state index contributed by atoms with van der Waals surface area (Å²) >= 11 is 0. The first-order chi connectivity index (χ1) is 12.0. The van der Waals surface area contributed by atoms with E-state index >= 15 is 0 Å². The fourth-order valence-electron chi connectivity index (χ4n) is 3.47. The monoisotopic (exact) mass is 347 g/mol. The summed E-state index contributed by atoms with van der Waals surface area (Å²) in [6.07, 6.45) is 2.92. The average molecular weight is 347 g/mol. The number of para-hydroxylation sites is 1. The van der Waals surface area contributed by atoms with Gasteiger partial charge >= 0.3 is 5.97 Å². The van der Waals surface area contributed by atoms with Crippen molar-refractivity contribution in [3.63, 3.8) is 0 Å².